The Morgan fingerprint density at radius 2 is 2.08 bits per heavy atom. The van der Waals surface area contributed by atoms with Crippen molar-refractivity contribution in [3.63, 3.8) is 0 Å². The molecule has 0 fully saturated rings. The van der Waals surface area contributed by atoms with Crippen LogP contribution < -0.4 is 0 Å². The largest absolute Gasteiger partial charge is 0.392 e. The van der Waals surface area contributed by atoms with Crippen LogP contribution in [-0.2, 0) is 9.59 Å². The minimum Gasteiger partial charge on any atom is -0.392 e. The van der Waals surface area contributed by atoms with Crippen LogP contribution in [0.4, 0.5) is 4.39 Å². The van der Waals surface area contributed by atoms with Crippen LogP contribution in [-0.4, -0.2) is 29.5 Å². The Morgan fingerprint density at radius 1 is 1.50 bits per heavy atom. The zero-order valence-electron chi connectivity index (χ0n) is 6.31. The number of hydrogen-bond acceptors (Lipinski definition) is 3. The van der Waals surface area contributed by atoms with Gasteiger partial charge in [-0.3, -0.25) is 9.59 Å². The molecule has 0 saturated carbocycles. The van der Waals surface area contributed by atoms with Gasteiger partial charge in [0.25, 0.3) is 0 Å². The van der Waals surface area contributed by atoms with Crippen LogP contribution in [0.15, 0.2) is 12.2 Å². The number of aldehydes is 2. The van der Waals surface area contributed by atoms with Crippen molar-refractivity contribution in [1.82, 2.24) is 0 Å². The van der Waals surface area contributed by atoms with E-state index in [1.54, 1.807) is 6.08 Å². The highest BCUT2D eigenvalue weighted by molar-refractivity contribution is 5.88. The topological polar surface area (TPSA) is 54.4 Å². The number of carbonyl (C=O) groups is 2. The summed E-state index contributed by atoms with van der Waals surface area (Å²) in [5.74, 6) is -1.02. The Kier molecular flexibility index (Phi) is 2.38. The molecule has 0 spiro atoms. The van der Waals surface area contributed by atoms with Crippen molar-refractivity contribution in [2.45, 2.75) is 18.2 Å². The highest BCUT2D eigenvalue weighted by atomic mass is 19.1. The van der Waals surface area contributed by atoms with Crippen LogP contribution >= 0.6 is 0 Å². The molecule has 0 aromatic carbocycles. The molecule has 1 aliphatic rings. The number of alkyl halides is 1. The SMILES string of the molecule is O=CC(F)(C=O)[C@H]1C=CC[C@@H]1O. The standard InChI is InChI=1S/C8H9FO3/c9-8(4-10,5-11)6-2-1-3-7(6)12/h1-2,4-7,12H,3H2/t6-,7-/m0/s1. The van der Waals surface area contributed by atoms with Crippen LogP contribution in [0.3, 0.4) is 0 Å². The lowest BCUT2D eigenvalue weighted by Crippen LogP contribution is -2.40. The van der Waals surface area contributed by atoms with E-state index in [9.17, 15) is 14.0 Å². The Bertz CT molecular complexity index is 216. The Hall–Kier alpha value is -1.03. The predicted molar refractivity (Wildman–Crippen MR) is 39.2 cm³/mol. The van der Waals surface area contributed by atoms with E-state index in [1.807, 2.05) is 0 Å². The summed E-state index contributed by atoms with van der Waals surface area (Å²) in [7, 11) is 0. The fraction of sp³-hybridized carbons (Fsp3) is 0.500. The lowest BCUT2D eigenvalue weighted by atomic mass is 9.89. The number of aliphatic hydroxyl groups excluding tert-OH is 1. The second-order valence-corrected chi connectivity index (χ2v) is 2.82. The summed E-state index contributed by atoms with van der Waals surface area (Å²) in [6.07, 6.45) is 2.10. The van der Waals surface area contributed by atoms with Crippen molar-refractivity contribution in [2.75, 3.05) is 0 Å². The highest BCUT2D eigenvalue weighted by Gasteiger charge is 2.43. The zero-order valence-corrected chi connectivity index (χ0v) is 6.31. The number of hydrogen-bond donors (Lipinski definition) is 1. The number of halogens is 1. The molecule has 2 atom stereocenters. The van der Waals surface area contributed by atoms with Gasteiger partial charge in [0.15, 0.2) is 12.6 Å². The summed E-state index contributed by atoms with van der Waals surface area (Å²) in [5, 5.41) is 9.17. The molecule has 1 aliphatic carbocycles. The Labute approximate surface area is 68.9 Å². The zero-order chi connectivity index (χ0) is 9.19. The minimum absolute atomic E-state index is 0.0659. The predicted octanol–water partition coefficient (Wildman–Crippen LogP) is 0.0295. The molecule has 3 nitrogen and oxygen atoms in total. The molecule has 1 rings (SSSR count). The van der Waals surface area contributed by atoms with Crippen LogP contribution in [0.2, 0.25) is 0 Å². The molecule has 66 valence electrons. The average Bonchev–Trinajstić information content (AvgIpc) is 2.51. The molecule has 0 aliphatic heterocycles. The smallest absolute Gasteiger partial charge is 0.228 e. The maximum Gasteiger partial charge on any atom is 0.228 e. The molecule has 0 unspecified atom stereocenters. The summed E-state index contributed by atoms with van der Waals surface area (Å²) >= 11 is 0. The Morgan fingerprint density at radius 3 is 2.42 bits per heavy atom. The maximum atomic E-state index is 13.3. The van der Waals surface area contributed by atoms with Crippen LogP contribution in [0.5, 0.6) is 0 Å². The molecule has 0 aromatic heterocycles. The van der Waals surface area contributed by atoms with Gasteiger partial charge in [0.05, 0.1) is 12.0 Å². The van der Waals surface area contributed by atoms with Crippen LogP contribution in [0, 0.1) is 5.92 Å². The second kappa shape index (κ2) is 3.15. The van der Waals surface area contributed by atoms with Crippen LogP contribution in [0.1, 0.15) is 6.42 Å². The monoisotopic (exact) mass is 172 g/mol. The lowest BCUT2D eigenvalue weighted by molar-refractivity contribution is -0.133. The quantitative estimate of drug-likeness (QED) is 0.371. The molecule has 12 heavy (non-hydrogen) atoms. The van der Waals surface area contributed by atoms with Crippen LogP contribution in [0.25, 0.3) is 0 Å². The lowest BCUT2D eigenvalue weighted by Gasteiger charge is -2.21. The van der Waals surface area contributed by atoms with E-state index in [0.29, 0.717) is 0 Å². The average molecular weight is 172 g/mol. The fourth-order valence-corrected chi connectivity index (χ4v) is 1.27. The molecule has 0 aromatic rings. The summed E-state index contributed by atoms with van der Waals surface area (Å²) < 4.78 is 13.3. The number of rotatable bonds is 3. The summed E-state index contributed by atoms with van der Waals surface area (Å²) in [5.41, 5.74) is -2.56. The molecule has 0 bridgehead atoms. The number of aliphatic hydroxyl groups is 1. The van der Waals surface area contributed by atoms with Crippen molar-refractivity contribution < 1.29 is 19.1 Å². The van der Waals surface area contributed by atoms with E-state index in [1.165, 1.54) is 6.08 Å². The van der Waals surface area contributed by atoms with Gasteiger partial charge in [0.1, 0.15) is 0 Å². The van der Waals surface area contributed by atoms with Crippen molar-refractivity contribution in [3.05, 3.63) is 12.2 Å². The normalized spacial score (nSPS) is 28.8. The molecule has 0 amide bonds. The van der Waals surface area contributed by atoms with E-state index < -0.39 is 17.7 Å². The third-order valence-corrected chi connectivity index (χ3v) is 2.01. The van der Waals surface area contributed by atoms with E-state index in [2.05, 4.69) is 0 Å². The molecule has 0 saturated heterocycles. The summed E-state index contributed by atoms with van der Waals surface area (Å²) in [6.45, 7) is 0. The first-order valence-electron chi connectivity index (χ1n) is 3.60. The maximum absolute atomic E-state index is 13.3. The van der Waals surface area contributed by atoms with E-state index in [4.69, 9.17) is 5.11 Å². The van der Waals surface area contributed by atoms with Crippen molar-refractivity contribution in [3.8, 4) is 0 Å². The van der Waals surface area contributed by atoms with Gasteiger partial charge in [-0.15, -0.1) is 0 Å². The molecule has 1 N–H and O–H groups in total. The van der Waals surface area contributed by atoms with Gasteiger partial charge in [0.2, 0.25) is 5.67 Å². The fourth-order valence-electron chi connectivity index (χ4n) is 1.27. The van der Waals surface area contributed by atoms with Crippen molar-refractivity contribution >= 4 is 12.6 Å². The van der Waals surface area contributed by atoms with E-state index in [-0.39, 0.29) is 19.0 Å². The van der Waals surface area contributed by atoms with Gasteiger partial charge in [-0.05, 0) is 6.42 Å². The van der Waals surface area contributed by atoms with Crippen molar-refractivity contribution in [1.29, 1.82) is 0 Å². The third kappa shape index (κ3) is 1.30. The Balaban J connectivity index is 2.85. The first-order valence-corrected chi connectivity index (χ1v) is 3.60. The molecule has 0 radical (unpaired) electrons. The van der Waals surface area contributed by atoms with Gasteiger partial charge in [-0.25, -0.2) is 4.39 Å². The number of carbonyl (C=O) groups excluding carboxylic acids is 2. The third-order valence-electron chi connectivity index (χ3n) is 2.01. The van der Waals surface area contributed by atoms with Crippen molar-refractivity contribution in [2.24, 2.45) is 5.92 Å². The van der Waals surface area contributed by atoms with Gasteiger partial charge in [-0.1, -0.05) is 12.2 Å². The molecule has 4 heteroatoms. The van der Waals surface area contributed by atoms with E-state index >= 15 is 0 Å². The minimum atomic E-state index is -2.56. The second-order valence-electron chi connectivity index (χ2n) is 2.82. The molecule has 0 heterocycles. The first-order chi connectivity index (χ1) is 5.64. The van der Waals surface area contributed by atoms with Gasteiger partial charge >= 0.3 is 0 Å². The van der Waals surface area contributed by atoms with Gasteiger partial charge in [-0.2, -0.15) is 0 Å². The highest BCUT2D eigenvalue weighted by Crippen LogP contribution is 2.29. The summed E-state index contributed by atoms with van der Waals surface area (Å²) in [4.78, 5) is 20.5. The molecular formula is C8H9FO3. The summed E-state index contributed by atoms with van der Waals surface area (Å²) in [6, 6.07) is 0. The first kappa shape index (κ1) is 9.06. The van der Waals surface area contributed by atoms with E-state index in [0.717, 1.165) is 0 Å². The molecular weight excluding hydrogens is 163 g/mol. The van der Waals surface area contributed by atoms with Gasteiger partial charge < -0.3 is 5.11 Å². The van der Waals surface area contributed by atoms with Gasteiger partial charge in [0, 0.05) is 0 Å².